The fraction of sp³-hybridized carbons (Fsp3) is 0.385. The summed E-state index contributed by atoms with van der Waals surface area (Å²) in [5, 5.41) is 4.56. The quantitative estimate of drug-likeness (QED) is 0.713. The van der Waals surface area contributed by atoms with Gasteiger partial charge < -0.3 is 16.0 Å². The molecule has 16 heavy (non-hydrogen) atoms. The van der Waals surface area contributed by atoms with Crippen LogP contribution in [0.15, 0.2) is 30.5 Å². The van der Waals surface area contributed by atoms with Gasteiger partial charge in [0.15, 0.2) is 0 Å². The first-order valence-corrected chi connectivity index (χ1v) is 5.82. The molecule has 1 aromatic carbocycles. The highest BCUT2D eigenvalue weighted by Crippen LogP contribution is 2.18. The molecule has 86 valence electrons. The van der Waals surface area contributed by atoms with E-state index < -0.39 is 0 Å². The molecule has 0 bridgehead atoms. The molecule has 0 aliphatic carbocycles. The normalized spacial score (nSPS) is 13.1. The van der Waals surface area contributed by atoms with Crippen molar-refractivity contribution >= 4 is 10.9 Å². The van der Waals surface area contributed by atoms with Crippen molar-refractivity contribution in [1.82, 2.24) is 10.3 Å². The van der Waals surface area contributed by atoms with E-state index in [1.807, 2.05) is 6.07 Å². The fourth-order valence-corrected chi connectivity index (χ4v) is 1.98. The first-order chi connectivity index (χ1) is 7.81. The Hall–Kier alpha value is -1.32. The second kappa shape index (κ2) is 5.14. The second-order valence-electron chi connectivity index (χ2n) is 4.13. The van der Waals surface area contributed by atoms with Crippen LogP contribution in [0.5, 0.6) is 0 Å². The number of nitrogens with two attached hydrogens (primary N) is 1. The van der Waals surface area contributed by atoms with Gasteiger partial charge in [-0.3, -0.25) is 0 Å². The zero-order valence-electron chi connectivity index (χ0n) is 9.66. The molecule has 0 radical (unpaired) electrons. The van der Waals surface area contributed by atoms with E-state index in [-0.39, 0.29) is 6.04 Å². The summed E-state index contributed by atoms with van der Waals surface area (Å²) in [4.78, 5) is 3.27. The lowest BCUT2D eigenvalue weighted by atomic mass is 10.1. The van der Waals surface area contributed by atoms with Crippen LogP contribution in [0.1, 0.15) is 12.5 Å². The molecule has 1 aromatic heterocycles. The topological polar surface area (TPSA) is 53.8 Å². The van der Waals surface area contributed by atoms with Crippen LogP contribution in [0.2, 0.25) is 0 Å². The number of nitrogens with one attached hydrogen (secondary N) is 2. The Morgan fingerprint density at radius 2 is 2.19 bits per heavy atom. The molecule has 0 amide bonds. The Labute approximate surface area is 96.0 Å². The molecule has 4 N–H and O–H groups in total. The number of fused-ring (bicyclic) bond motifs is 1. The minimum atomic E-state index is 0.180. The largest absolute Gasteiger partial charge is 0.361 e. The van der Waals surface area contributed by atoms with Gasteiger partial charge in [0.05, 0.1) is 0 Å². The first kappa shape index (κ1) is 11.2. The maximum absolute atomic E-state index is 6.07. The summed E-state index contributed by atoms with van der Waals surface area (Å²) in [7, 11) is 0. The summed E-state index contributed by atoms with van der Waals surface area (Å²) in [6.45, 7) is 3.94. The molecule has 2 aromatic rings. The molecule has 0 spiro atoms. The van der Waals surface area contributed by atoms with E-state index in [1.165, 1.54) is 16.5 Å². The Bertz CT molecular complexity index is 447. The predicted molar refractivity (Wildman–Crippen MR) is 68.5 cm³/mol. The third-order valence-corrected chi connectivity index (χ3v) is 2.81. The highest BCUT2D eigenvalue weighted by Gasteiger charge is 2.07. The summed E-state index contributed by atoms with van der Waals surface area (Å²) in [5.41, 5.74) is 8.56. The highest BCUT2D eigenvalue weighted by molar-refractivity contribution is 5.83. The highest BCUT2D eigenvalue weighted by atomic mass is 14.9. The van der Waals surface area contributed by atoms with Crippen molar-refractivity contribution in [2.75, 3.05) is 13.1 Å². The van der Waals surface area contributed by atoms with Gasteiger partial charge in [-0.2, -0.15) is 0 Å². The maximum atomic E-state index is 6.07. The number of aromatic nitrogens is 1. The van der Waals surface area contributed by atoms with E-state index in [0.29, 0.717) is 0 Å². The van der Waals surface area contributed by atoms with Gasteiger partial charge >= 0.3 is 0 Å². The lowest BCUT2D eigenvalue weighted by molar-refractivity contribution is 0.589. The molecule has 0 aliphatic rings. The standard InChI is InChI=1S/C13H19N3/c1-2-15-9-11(14)7-10-8-16-13-6-4-3-5-12(10)13/h3-6,8,11,15-16H,2,7,9,14H2,1H3/t11-/m0/s1. The number of para-hydroxylation sites is 1. The van der Waals surface area contributed by atoms with Gasteiger partial charge in [0, 0.05) is 29.7 Å². The molecule has 0 unspecified atom stereocenters. The second-order valence-corrected chi connectivity index (χ2v) is 4.13. The Kier molecular flexibility index (Phi) is 3.59. The molecular formula is C13H19N3. The summed E-state index contributed by atoms with van der Waals surface area (Å²) < 4.78 is 0. The zero-order chi connectivity index (χ0) is 11.4. The lowest BCUT2D eigenvalue weighted by Crippen LogP contribution is -2.35. The SMILES string of the molecule is CCNC[C@@H](N)Cc1c[nH]c2ccccc12. The molecular weight excluding hydrogens is 198 g/mol. The van der Waals surface area contributed by atoms with E-state index in [1.54, 1.807) is 0 Å². The monoisotopic (exact) mass is 217 g/mol. The summed E-state index contributed by atoms with van der Waals surface area (Å²) in [6, 6.07) is 8.52. The molecule has 0 aliphatic heterocycles. The van der Waals surface area contributed by atoms with E-state index in [2.05, 4.69) is 41.6 Å². The molecule has 3 heteroatoms. The van der Waals surface area contributed by atoms with Crippen LogP contribution >= 0.6 is 0 Å². The van der Waals surface area contributed by atoms with Gasteiger partial charge in [-0.15, -0.1) is 0 Å². The van der Waals surface area contributed by atoms with E-state index in [0.717, 1.165) is 19.5 Å². The summed E-state index contributed by atoms with van der Waals surface area (Å²) in [5.74, 6) is 0. The van der Waals surface area contributed by atoms with Gasteiger partial charge in [0.1, 0.15) is 0 Å². The molecule has 0 saturated heterocycles. The third-order valence-electron chi connectivity index (χ3n) is 2.81. The molecule has 3 nitrogen and oxygen atoms in total. The lowest BCUT2D eigenvalue weighted by Gasteiger charge is -2.10. The Balaban J connectivity index is 2.09. The van der Waals surface area contributed by atoms with E-state index >= 15 is 0 Å². The van der Waals surface area contributed by atoms with E-state index in [4.69, 9.17) is 5.73 Å². The Morgan fingerprint density at radius 3 is 3.00 bits per heavy atom. The van der Waals surface area contributed by atoms with Crippen molar-refractivity contribution < 1.29 is 0 Å². The number of benzene rings is 1. The summed E-state index contributed by atoms with van der Waals surface area (Å²) >= 11 is 0. The van der Waals surface area contributed by atoms with Crippen LogP contribution in [0.25, 0.3) is 10.9 Å². The van der Waals surface area contributed by atoms with Crippen molar-refractivity contribution in [2.24, 2.45) is 5.73 Å². The van der Waals surface area contributed by atoms with Crippen LogP contribution in [0, 0.1) is 0 Å². The van der Waals surface area contributed by atoms with Gasteiger partial charge in [-0.1, -0.05) is 25.1 Å². The van der Waals surface area contributed by atoms with Crippen LogP contribution in [0.4, 0.5) is 0 Å². The van der Waals surface area contributed by atoms with Crippen LogP contribution < -0.4 is 11.1 Å². The first-order valence-electron chi connectivity index (χ1n) is 5.82. The molecule has 0 fully saturated rings. The number of H-pyrrole nitrogens is 1. The van der Waals surface area contributed by atoms with Crippen molar-refractivity contribution in [3.05, 3.63) is 36.0 Å². The number of aromatic amines is 1. The fourth-order valence-electron chi connectivity index (χ4n) is 1.98. The van der Waals surface area contributed by atoms with Crippen LogP contribution in [-0.2, 0) is 6.42 Å². The molecule has 2 rings (SSSR count). The van der Waals surface area contributed by atoms with Gasteiger partial charge in [0.25, 0.3) is 0 Å². The predicted octanol–water partition coefficient (Wildman–Crippen LogP) is 1.65. The number of hydrogen-bond donors (Lipinski definition) is 3. The van der Waals surface area contributed by atoms with Gasteiger partial charge in [-0.25, -0.2) is 0 Å². The van der Waals surface area contributed by atoms with Crippen molar-refractivity contribution in [3.63, 3.8) is 0 Å². The maximum Gasteiger partial charge on any atom is 0.0456 e. The smallest absolute Gasteiger partial charge is 0.0456 e. The summed E-state index contributed by atoms with van der Waals surface area (Å²) in [6.07, 6.45) is 2.98. The number of likely N-dealkylation sites (N-methyl/N-ethyl adjacent to an activating group) is 1. The van der Waals surface area contributed by atoms with Crippen LogP contribution in [-0.4, -0.2) is 24.1 Å². The number of hydrogen-bond acceptors (Lipinski definition) is 2. The van der Waals surface area contributed by atoms with Crippen LogP contribution in [0.3, 0.4) is 0 Å². The van der Waals surface area contributed by atoms with E-state index in [9.17, 15) is 0 Å². The van der Waals surface area contributed by atoms with Crippen molar-refractivity contribution in [2.45, 2.75) is 19.4 Å². The third kappa shape index (κ3) is 2.43. The minimum Gasteiger partial charge on any atom is -0.361 e. The van der Waals surface area contributed by atoms with Gasteiger partial charge in [-0.05, 0) is 24.6 Å². The Morgan fingerprint density at radius 1 is 1.38 bits per heavy atom. The zero-order valence-corrected chi connectivity index (χ0v) is 9.66. The molecule has 1 heterocycles. The number of rotatable bonds is 5. The van der Waals surface area contributed by atoms with Crippen molar-refractivity contribution in [1.29, 1.82) is 0 Å². The average molecular weight is 217 g/mol. The van der Waals surface area contributed by atoms with Gasteiger partial charge in [0.2, 0.25) is 0 Å². The molecule has 1 atom stereocenters. The van der Waals surface area contributed by atoms with Crippen molar-refractivity contribution in [3.8, 4) is 0 Å². The molecule has 0 saturated carbocycles. The minimum absolute atomic E-state index is 0.180. The average Bonchev–Trinajstić information content (AvgIpc) is 2.70.